The Morgan fingerprint density at radius 1 is 1.60 bits per heavy atom. The van der Waals surface area contributed by atoms with Crippen molar-refractivity contribution in [2.45, 2.75) is 13.5 Å². The van der Waals surface area contributed by atoms with Crippen LogP contribution < -0.4 is 5.32 Å². The van der Waals surface area contributed by atoms with E-state index in [1.54, 1.807) is 11.3 Å². The molecule has 2 heterocycles. The number of hydrogen-bond acceptors (Lipinski definition) is 5. The number of anilines is 1. The number of rotatable bonds is 3. The topological polar surface area (TPSA) is 48.7 Å². The lowest BCUT2D eigenvalue weighted by Crippen LogP contribution is -1.97. The smallest absolute Gasteiger partial charge is 0.127 e. The molecule has 1 N–H and O–H groups in total. The second kappa shape index (κ2) is 4.43. The van der Waals surface area contributed by atoms with Crippen molar-refractivity contribution < 1.29 is 0 Å². The summed E-state index contributed by atoms with van der Waals surface area (Å²) in [6, 6.07) is 4.23. The first-order valence-electron chi connectivity index (χ1n) is 4.42. The molecule has 5 heteroatoms. The number of nitriles is 1. The number of aryl methyl sites for hydroxylation is 1. The number of thiophene rings is 1. The number of nitrogens with zero attached hydrogens (tertiary/aromatic N) is 2. The highest BCUT2D eigenvalue weighted by Crippen LogP contribution is 2.24. The molecule has 0 atom stereocenters. The molecule has 0 aliphatic heterocycles. The van der Waals surface area contributed by atoms with Gasteiger partial charge in [-0.2, -0.15) is 21.0 Å². The minimum Gasteiger partial charge on any atom is -0.370 e. The molecule has 2 aromatic heterocycles. The van der Waals surface area contributed by atoms with E-state index in [1.165, 1.54) is 17.1 Å². The molecule has 0 unspecified atom stereocenters. The van der Waals surface area contributed by atoms with Crippen molar-refractivity contribution in [3.63, 3.8) is 0 Å². The lowest BCUT2D eigenvalue weighted by Gasteiger charge is -2.00. The third-order valence-corrected chi connectivity index (χ3v) is 3.64. The van der Waals surface area contributed by atoms with Gasteiger partial charge < -0.3 is 5.32 Å². The molecule has 0 saturated carbocycles. The lowest BCUT2D eigenvalue weighted by atomic mass is 10.2. The molecule has 0 radical (unpaired) electrons. The van der Waals surface area contributed by atoms with Crippen LogP contribution >= 0.6 is 22.9 Å². The monoisotopic (exact) mass is 235 g/mol. The average Bonchev–Trinajstić information content (AvgIpc) is 2.84. The van der Waals surface area contributed by atoms with Crippen LogP contribution in [0.3, 0.4) is 0 Å². The SMILES string of the molecule is Cc1nsc(NCc2ccsc2)c1C#N. The number of nitrogens with one attached hydrogen (secondary N) is 1. The Morgan fingerprint density at radius 3 is 3.13 bits per heavy atom. The van der Waals surface area contributed by atoms with Crippen LogP contribution in [0, 0.1) is 18.3 Å². The Bertz CT molecular complexity index is 479. The molecule has 0 fully saturated rings. The zero-order valence-electron chi connectivity index (χ0n) is 8.15. The normalized spacial score (nSPS) is 9.87. The van der Waals surface area contributed by atoms with Crippen molar-refractivity contribution in [3.05, 3.63) is 33.6 Å². The van der Waals surface area contributed by atoms with Gasteiger partial charge in [0.05, 0.1) is 5.69 Å². The molecule has 0 bridgehead atoms. The van der Waals surface area contributed by atoms with Crippen LogP contribution in [0.2, 0.25) is 0 Å². The third kappa shape index (κ3) is 2.17. The predicted octanol–water partition coefficient (Wildman–Crippen LogP) is 3.00. The van der Waals surface area contributed by atoms with E-state index in [0.717, 1.165) is 17.2 Å². The maximum absolute atomic E-state index is 8.92. The predicted molar refractivity (Wildman–Crippen MR) is 63.2 cm³/mol. The summed E-state index contributed by atoms with van der Waals surface area (Å²) in [6.45, 7) is 2.60. The zero-order chi connectivity index (χ0) is 10.7. The molecular formula is C10H9N3S2. The first kappa shape index (κ1) is 10.1. The van der Waals surface area contributed by atoms with Crippen molar-refractivity contribution in [1.82, 2.24) is 4.37 Å². The molecule has 76 valence electrons. The quantitative estimate of drug-likeness (QED) is 0.889. The van der Waals surface area contributed by atoms with Gasteiger partial charge in [0.1, 0.15) is 16.6 Å². The van der Waals surface area contributed by atoms with Gasteiger partial charge in [0.2, 0.25) is 0 Å². The molecule has 0 aromatic carbocycles. The fourth-order valence-electron chi connectivity index (χ4n) is 1.20. The van der Waals surface area contributed by atoms with Gasteiger partial charge in [0.25, 0.3) is 0 Å². The van der Waals surface area contributed by atoms with E-state index in [0.29, 0.717) is 5.56 Å². The highest BCUT2D eigenvalue weighted by atomic mass is 32.1. The minimum absolute atomic E-state index is 0.662. The van der Waals surface area contributed by atoms with Crippen molar-refractivity contribution in [3.8, 4) is 6.07 Å². The summed E-state index contributed by atoms with van der Waals surface area (Å²) in [5.74, 6) is 0. The number of hydrogen-bond donors (Lipinski definition) is 1. The highest BCUT2D eigenvalue weighted by molar-refractivity contribution is 7.10. The Hall–Kier alpha value is -1.38. The first-order chi connectivity index (χ1) is 7.31. The summed E-state index contributed by atoms with van der Waals surface area (Å²) in [5.41, 5.74) is 2.69. The summed E-state index contributed by atoms with van der Waals surface area (Å²) >= 11 is 3.02. The van der Waals surface area contributed by atoms with Crippen LogP contribution in [0.15, 0.2) is 16.8 Å². The van der Waals surface area contributed by atoms with E-state index in [-0.39, 0.29) is 0 Å². The molecule has 2 aromatic rings. The van der Waals surface area contributed by atoms with Gasteiger partial charge in [-0.05, 0) is 40.8 Å². The van der Waals surface area contributed by atoms with Crippen LogP contribution in [-0.2, 0) is 6.54 Å². The van der Waals surface area contributed by atoms with Gasteiger partial charge >= 0.3 is 0 Å². The van der Waals surface area contributed by atoms with Gasteiger partial charge in [-0.3, -0.25) is 0 Å². The van der Waals surface area contributed by atoms with Crippen LogP contribution in [0.25, 0.3) is 0 Å². The van der Waals surface area contributed by atoms with Crippen LogP contribution in [0.4, 0.5) is 5.00 Å². The van der Waals surface area contributed by atoms with E-state index < -0.39 is 0 Å². The molecule has 0 saturated heterocycles. The standard InChI is InChI=1S/C10H9N3S2/c1-7-9(4-11)10(15-13-7)12-5-8-2-3-14-6-8/h2-3,6,12H,5H2,1H3. The van der Waals surface area contributed by atoms with Crippen molar-refractivity contribution >= 4 is 27.9 Å². The maximum atomic E-state index is 8.92. The first-order valence-corrected chi connectivity index (χ1v) is 6.14. The Morgan fingerprint density at radius 2 is 2.47 bits per heavy atom. The minimum atomic E-state index is 0.662. The van der Waals surface area contributed by atoms with Crippen LogP contribution in [0.5, 0.6) is 0 Å². The van der Waals surface area contributed by atoms with E-state index in [9.17, 15) is 0 Å². The second-order valence-corrected chi connectivity index (χ2v) is 4.62. The molecule has 2 rings (SSSR count). The number of aromatic nitrogens is 1. The van der Waals surface area contributed by atoms with E-state index in [4.69, 9.17) is 5.26 Å². The van der Waals surface area contributed by atoms with E-state index in [1.807, 2.05) is 12.3 Å². The van der Waals surface area contributed by atoms with Gasteiger partial charge in [0.15, 0.2) is 0 Å². The summed E-state index contributed by atoms with van der Waals surface area (Å²) < 4.78 is 4.15. The molecule has 15 heavy (non-hydrogen) atoms. The van der Waals surface area contributed by atoms with Crippen LogP contribution in [0.1, 0.15) is 16.8 Å². The van der Waals surface area contributed by atoms with Crippen molar-refractivity contribution in [1.29, 1.82) is 5.26 Å². The van der Waals surface area contributed by atoms with Crippen LogP contribution in [-0.4, -0.2) is 4.37 Å². The molecule has 0 spiro atoms. The van der Waals surface area contributed by atoms with Gasteiger partial charge in [-0.1, -0.05) is 0 Å². The van der Waals surface area contributed by atoms with Crippen molar-refractivity contribution in [2.24, 2.45) is 0 Å². The van der Waals surface area contributed by atoms with Gasteiger partial charge in [0, 0.05) is 6.54 Å². The largest absolute Gasteiger partial charge is 0.370 e. The lowest BCUT2D eigenvalue weighted by molar-refractivity contribution is 1.17. The Balaban J connectivity index is 2.09. The second-order valence-electron chi connectivity index (χ2n) is 3.07. The van der Waals surface area contributed by atoms with Gasteiger partial charge in [-0.25, -0.2) is 0 Å². The fourth-order valence-corrected chi connectivity index (χ4v) is 2.61. The summed E-state index contributed by atoms with van der Waals surface area (Å²) in [6.07, 6.45) is 0. The summed E-state index contributed by atoms with van der Waals surface area (Å²) in [7, 11) is 0. The molecule has 0 aliphatic rings. The Labute approximate surface area is 96.2 Å². The zero-order valence-corrected chi connectivity index (χ0v) is 9.78. The van der Waals surface area contributed by atoms with Crippen molar-refractivity contribution in [2.75, 3.05) is 5.32 Å². The molecule has 0 aliphatic carbocycles. The Kier molecular flexibility index (Phi) is 2.99. The molecule has 3 nitrogen and oxygen atoms in total. The van der Waals surface area contributed by atoms with E-state index >= 15 is 0 Å². The fraction of sp³-hybridized carbons (Fsp3) is 0.200. The highest BCUT2D eigenvalue weighted by Gasteiger charge is 2.09. The van der Waals surface area contributed by atoms with E-state index in [2.05, 4.69) is 27.2 Å². The molecule has 0 amide bonds. The third-order valence-electron chi connectivity index (χ3n) is 2.01. The molecular weight excluding hydrogens is 226 g/mol. The summed E-state index contributed by atoms with van der Waals surface area (Å²) in [4.78, 5) is 0. The average molecular weight is 235 g/mol. The summed E-state index contributed by atoms with van der Waals surface area (Å²) in [5, 5.41) is 17.1. The van der Waals surface area contributed by atoms with Gasteiger partial charge in [-0.15, -0.1) is 0 Å². The maximum Gasteiger partial charge on any atom is 0.127 e.